The monoisotopic (exact) mass is 377 g/mol. The lowest BCUT2D eigenvalue weighted by molar-refractivity contribution is 0.253. The van der Waals surface area contributed by atoms with Gasteiger partial charge in [0.25, 0.3) is 0 Å². The van der Waals surface area contributed by atoms with E-state index in [4.69, 9.17) is 4.98 Å². The Kier molecular flexibility index (Phi) is 5.73. The number of hydrogen-bond donors (Lipinski definition) is 0. The second-order valence-electron chi connectivity index (χ2n) is 9.17. The third-order valence-electron chi connectivity index (χ3n) is 6.64. The van der Waals surface area contributed by atoms with Crippen molar-refractivity contribution in [3.8, 4) is 11.3 Å². The quantitative estimate of drug-likeness (QED) is 0.706. The minimum Gasteiger partial charge on any atom is -0.354 e. The molecular formula is C25H35N3. The van der Waals surface area contributed by atoms with E-state index in [1.54, 1.807) is 0 Å². The third-order valence-corrected chi connectivity index (χ3v) is 6.64. The first-order valence-electron chi connectivity index (χ1n) is 11.1. The van der Waals surface area contributed by atoms with Crippen LogP contribution in [0.2, 0.25) is 0 Å². The number of nitrogens with zero attached hydrogens (tertiary/aromatic N) is 3. The molecule has 1 saturated heterocycles. The first-order valence-corrected chi connectivity index (χ1v) is 11.1. The van der Waals surface area contributed by atoms with Crippen LogP contribution in [0.3, 0.4) is 0 Å². The van der Waals surface area contributed by atoms with E-state index < -0.39 is 0 Å². The maximum atomic E-state index is 5.05. The van der Waals surface area contributed by atoms with Gasteiger partial charge in [-0.05, 0) is 67.0 Å². The molecule has 0 radical (unpaired) electrons. The summed E-state index contributed by atoms with van der Waals surface area (Å²) in [4.78, 5) is 10.1. The van der Waals surface area contributed by atoms with E-state index in [9.17, 15) is 0 Å². The van der Waals surface area contributed by atoms with Gasteiger partial charge in [0.15, 0.2) is 0 Å². The number of piperazine rings is 1. The number of hydrogen-bond acceptors (Lipinski definition) is 3. The molecule has 0 amide bonds. The van der Waals surface area contributed by atoms with Gasteiger partial charge in [-0.1, -0.05) is 45.4 Å². The van der Waals surface area contributed by atoms with Gasteiger partial charge in [-0.3, -0.25) is 4.90 Å². The second-order valence-corrected chi connectivity index (χ2v) is 9.17. The Bertz CT molecular complexity index is 803. The molecule has 0 spiro atoms. The lowest BCUT2D eigenvalue weighted by atomic mass is 9.72. The topological polar surface area (TPSA) is 19.4 Å². The highest BCUT2D eigenvalue weighted by molar-refractivity contribution is 5.64. The predicted molar refractivity (Wildman–Crippen MR) is 119 cm³/mol. The molecule has 0 unspecified atom stereocenters. The average Bonchev–Trinajstić information content (AvgIpc) is 2.72. The van der Waals surface area contributed by atoms with E-state index in [0.717, 1.165) is 37.7 Å². The minimum atomic E-state index is 0.304. The summed E-state index contributed by atoms with van der Waals surface area (Å²) < 4.78 is 0. The molecule has 0 atom stereocenters. The molecule has 2 aromatic rings. The maximum Gasteiger partial charge on any atom is 0.129 e. The van der Waals surface area contributed by atoms with Crippen molar-refractivity contribution >= 4 is 5.82 Å². The van der Waals surface area contributed by atoms with E-state index in [1.165, 1.54) is 55.3 Å². The van der Waals surface area contributed by atoms with Crippen LogP contribution in [-0.4, -0.2) is 42.6 Å². The van der Waals surface area contributed by atoms with Gasteiger partial charge in [0, 0.05) is 31.7 Å². The van der Waals surface area contributed by atoms with Gasteiger partial charge in [0.05, 0.1) is 5.69 Å². The lowest BCUT2D eigenvalue weighted by Crippen LogP contribution is -2.46. The molecule has 150 valence electrons. The zero-order valence-electron chi connectivity index (χ0n) is 17.9. The Hall–Kier alpha value is -1.87. The summed E-state index contributed by atoms with van der Waals surface area (Å²) >= 11 is 0. The number of pyridine rings is 1. The number of unbranched alkanes of at least 4 members (excludes halogenated alkanes) is 1. The predicted octanol–water partition coefficient (Wildman–Crippen LogP) is 5.28. The molecule has 0 saturated carbocycles. The van der Waals surface area contributed by atoms with Crippen LogP contribution in [0.4, 0.5) is 5.82 Å². The van der Waals surface area contributed by atoms with Crippen LogP contribution in [0.5, 0.6) is 0 Å². The van der Waals surface area contributed by atoms with E-state index in [0.29, 0.717) is 5.41 Å². The van der Waals surface area contributed by atoms with Crippen molar-refractivity contribution in [1.82, 2.24) is 9.88 Å². The highest BCUT2D eigenvalue weighted by Gasteiger charge is 2.27. The number of anilines is 1. The normalized spacial score (nSPS) is 19.5. The van der Waals surface area contributed by atoms with Gasteiger partial charge in [0.1, 0.15) is 5.82 Å². The van der Waals surface area contributed by atoms with Crippen LogP contribution in [-0.2, 0) is 11.8 Å². The smallest absolute Gasteiger partial charge is 0.129 e. The van der Waals surface area contributed by atoms with Gasteiger partial charge in [0.2, 0.25) is 0 Å². The van der Waals surface area contributed by atoms with Crippen molar-refractivity contribution in [2.45, 2.75) is 58.3 Å². The van der Waals surface area contributed by atoms with Gasteiger partial charge in [-0.15, -0.1) is 0 Å². The Labute approximate surface area is 170 Å². The van der Waals surface area contributed by atoms with Crippen LogP contribution < -0.4 is 4.90 Å². The Balaban J connectivity index is 1.50. The zero-order valence-corrected chi connectivity index (χ0v) is 17.9. The maximum absolute atomic E-state index is 5.05. The molecule has 1 aromatic heterocycles. The van der Waals surface area contributed by atoms with Gasteiger partial charge in [-0.25, -0.2) is 4.98 Å². The largest absolute Gasteiger partial charge is 0.354 e. The van der Waals surface area contributed by atoms with Crippen molar-refractivity contribution in [3.05, 3.63) is 47.5 Å². The SMILES string of the molecule is CCCCN1CCN(c2cccc(-c3ccc4c(c3)CCCC4(C)C)n2)CC1. The summed E-state index contributed by atoms with van der Waals surface area (Å²) in [7, 11) is 0. The molecule has 1 aliphatic heterocycles. The molecule has 0 N–H and O–H groups in total. The van der Waals surface area contributed by atoms with Crippen molar-refractivity contribution < 1.29 is 0 Å². The molecule has 1 aromatic carbocycles. The molecule has 28 heavy (non-hydrogen) atoms. The molecule has 3 nitrogen and oxygen atoms in total. The van der Waals surface area contributed by atoms with Crippen molar-refractivity contribution in [2.24, 2.45) is 0 Å². The average molecular weight is 378 g/mol. The van der Waals surface area contributed by atoms with E-state index in [1.807, 2.05) is 0 Å². The summed E-state index contributed by atoms with van der Waals surface area (Å²) in [5.74, 6) is 1.13. The van der Waals surface area contributed by atoms with Crippen LogP contribution in [0.25, 0.3) is 11.3 Å². The van der Waals surface area contributed by atoms with Crippen molar-refractivity contribution in [1.29, 1.82) is 0 Å². The second kappa shape index (κ2) is 8.24. The highest BCUT2D eigenvalue weighted by atomic mass is 15.3. The van der Waals surface area contributed by atoms with E-state index in [2.05, 4.69) is 67.0 Å². The number of benzene rings is 1. The van der Waals surface area contributed by atoms with Crippen molar-refractivity contribution in [2.75, 3.05) is 37.6 Å². The van der Waals surface area contributed by atoms with Crippen LogP contribution in [0.15, 0.2) is 36.4 Å². The summed E-state index contributed by atoms with van der Waals surface area (Å²) in [5, 5.41) is 0. The molecule has 1 aliphatic carbocycles. The fraction of sp³-hybridized carbons (Fsp3) is 0.560. The summed E-state index contributed by atoms with van der Waals surface area (Å²) in [6.07, 6.45) is 6.37. The molecule has 4 rings (SSSR count). The van der Waals surface area contributed by atoms with Crippen molar-refractivity contribution in [3.63, 3.8) is 0 Å². The fourth-order valence-electron chi connectivity index (χ4n) is 4.82. The number of fused-ring (bicyclic) bond motifs is 1. The van der Waals surface area contributed by atoms with E-state index >= 15 is 0 Å². The molecular weight excluding hydrogens is 342 g/mol. The van der Waals surface area contributed by atoms with E-state index in [-0.39, 0.29) is 0 Å². The molecule has 3 heteroatoms. The van der Waals surface area contributed by atoms with Gasteiger partial charge < -0.3 is 4.90 Å². The zero-order chi connectivity index (χ0) is 19.6. The summed E-state index contributed by atoms with van der Waals surface area (Å²) in [6, 6.07) is 13.5. The third kappa shape index (κ3) is 4.10. The van der Waals surface area contributed by atoms with Gasteiger partial charge >= 0.3 is 0 Å². The summed E-state index contributed by atoms with van der Waals surface area (Å²) in [5.41, 5.74) is 5.73. The highest BCUT2D eigenvalue weighted by Crippen LogP contribution is 2.38. The first kappa shape index (κ1) is 19.4. The van der Waals surface area contributed by atoms with Gasteiger partial charge in [-0.2, -0.15) is 0 Å². The lowest BCUT2D eigenvalue weighted by Gasteiger charge is -2.35. The molecule has 2 heterocycles. The Morgan fingerprint density at radius 3 is 2.64 bits per heavy atom. The Morgan fingerprint density at radius 2 is 1.86 bits per heavy atom. The number of aromatic nitrogens is 1. The first-order chi connectivity index (χ1) is 13.6. The van der Waals surface area contributed by atoms with Crippen LogP contribution in [0, 0.1) is 0 Å². The van der Waals surface area contributed by atoms with Crippen LogP contribution >= 0.6 is 0 Å². The standard InChI is InChI=1S/C25H35N3/c1-4-5-14-27-15-17-28(18-16-27)24-10-6-9-23(26-24)21-11-12-22-20(19-21)8-7-13-25(22,2)3/h6,9-12,19H,4-5,7-8,13-18H2,1-3H3. The Morgan fingerprint density at radius 1 is 1.04 bits per heavy atom. The number of aryl methyl sites for hydroxylation is 1. The minimum absolute atomic E-state index is 0.304. The fourth-order valence-corrected chi connectivity index (χ4v) is 4.82. The molecule has 2 aliphatic rings. The van der Waals surface area contributed by atoms with Crippen LogP contribution in [0.1, 0.15) is 57.6 Å². The summed E-state index contributed by atoms with van der Waals surface area (Å²) in [6.45, 7) is 12.7. The molecule has 1 fully saturated rings. The molecule has 0 bridgehead atoms. The number of rotatable bonds is 5.